The Balaban J connectivity index is 1.71. The molecule has 1 aliphatic rings. The molecule has 0 aromatic heterocycles. The highest BCUT2D eigenvalue weighted by molar-refractivity contribution is 7.80. The van der Waals surface area contributed by atoms with Gasteiger partial charge in [0.15, 0.2) is 16.6 Å². The third-order valence-electron chi connectivity index (χ3n) is 5.32. The normalized spacial score (nSPS) is 15.8. The number of methoxy groups -OCH3 is 2. The number of nitrogens with zero attached hydrogens (tertiary/aromatic N) is 2. The maximum atomic E-state index is 12.9. The van der Waals surface area contributed by atoms with Gasteiger partial charge in [-0.25, -0.2) is 0 Å². The number of hydrogen-bond donors (Lipinski definition) is 1. The summed E-state index contributed by atoms with van der Waals surface area (Å²) in [6, 6.07) is 11.9. The van der Waals surface area contributed by atoms with Crippen molar-refractivity contribution in [2.75, 3.05) is 32.6 Å². The minimum atomic E-state index is -0.644. The fourth-order valence-electron chi connectivity index (χ4n) is 3.64. The predicted molar refractivity (Wildman–Crippen MR) is 128 cm³/mol. The van der Waals surface area contributed by atoms with Crippen LogP contribution in [0, 0.1) is 0 Å². The second-order valence-corrected chi connectivity index (χ2v) is 8.07. The van der Waals surface area contributed by atoms with E-state index in [1.165, 1.54) is 0 Å². The highest BCUT2D eigenvalue weighted by Crippen LogP contribution is 2.28. The van der Waals surface area contributed by atoms with Crippen LogP contribution in [0.4, 0.5) is 5.69 Å². The number of rotatable bonds is 9. The Hall–Kier alpha value is -2.84. The summed E-state index contributed by atoms with van der Waals surface area (Å²) < 4.78 is 10.7. The molecule has 3 rings (SSSR count). The van der Waals surface area contributed by atoms with Crippen molar-refractivity contribution < 1.29 is 19.1 Å². The van der Waals surface area contributed by atoms with Crippen molar-refractivity contribution in [2.45, 2.75) is 25.8 Å². The van der Waals surface area contributed by atoms with Gasteiger partial charge >= 0.3 is 0 Å². The van der Waals surface area contributed by atoms with Gasteiger partial charge in [0.25, 0.3) is 5.91 Å². The molecule has 7 nitrogen and oxygen atoms in total. The van der Waals surface area contributed by atoms with Gasteiger partial charge in [0.2, 0.25) is 5.91 Å². The molecule has 1 fully saturated rings. The number of carbonyl (C=O) groups is 2. The largest absolute Gasteiger partial charge is 0.493 e. The molecule has 1 N–H and O–H groups in total. The van der Waals surface area contributed by atoms with E-state index < -0.39 is 6.04 Å². The van der Waals surface area contributed by atoms with Crippen molar-refractivity contribution >= 4 is 46.4 Å². The van der Waals surface area contributed by atoms with Gasteiger partial charge in [-0.05, 0) is 67.5 Å². The lowest BCUT2D eigenvalue weighted by Gasteiger charge is -2.24. The molecule has 2 amide bonds. The maximum absolute atomic E-state index is 12.9. The van der Waals surface area contributed by atoms with E-state index >= 15 is 0 Å². The molecule has 0 saturated carbocycles. The van der Waals surface area contributed by atoms with Crippen LogP contribution in [0.5, 0.6) is 11.5 Å². The van der Waals surface area contributed by atoms with Crippen LogP contribution in [0.15, 0.2) is 42.5 Å². The molecule has 1 atom stereocenters. The Morgan fingerprint density at radius 2 is 1.81 bits per heavy atom. The van der Waals surface area contributed by atoms with E-state index in [1.54, 1.807) is 43.4 Å². The van der Waals surface area contributed by atoms with Gasteiger partial charge in [-0.1, -0.05) is 17.7 Å². The molecule has 0 spiro atoms. The number of anilines is 1. The molecular weight excluding hydrogens is 450 g/mol. The summed E-state index contributed by atoms with van der Waals surface area (Å²) in [7, 11) is 3.18. The molecule has 1 aliphatic heterocycles. The van der Waals surface area contributed by atoms with Gasteiger partial charge in [-0.15, -0.1) is 0 Å². The van der Waals surface area contributed by atoms with E-state index in [0.29, 0.717) is 46.8 Å². The smallest absolute Gasteiger partial charge is 0.252 e. The highest BCUT2D eigenvalue weighted by Gasteiger charge is 2.42. The predicted octanol–water partition coefficient (Wildman–Crippen LogP) is 3.75. The lowest BCUT2D eigenvalue weighted by molar-refractivity contribution is -0.130. The van der Waals surface area contributed by atoms with Crippen LogP contribution in [-0.4, -0.2) is 60.1 Å². The molecule has 0 radical (unpaired) electrons. The standard InChI is InChI=1S/C23H26ClN3O4S/c1-4-26-22(29)18(14-21(28)25-17-8-6-16(24)7-9-17)27(23(26)32)12-11-15-5-10-19(30-2)20(13-15)31-3/h5-10,13,18H,4,11-12,14H2,1-3H3,(H,25,28)/t18-/m0/s1. The molecule has 0 unspecified atom stereocenters. The molecule has 9 heteroatoms. The Kier molecular flexibility index (Phi) is 7.93. The van der Waals surface area contributed by atoms with Crippen molar-refractivity contribution in [1.82, 2.24) is 9.80 Å². The molecule has 2 aromatic rings. The van der Waals surface area contributed by atoms with Crippen LogP contribution in [0.25, 0.3) is 0 Å². The first-order valence-corrected chi connectivity index (χ1v) is 11.0. The van der Waals surface area contributed by atoms with Gasteiger partial charge in [-0.2, -0.15) is 0 Å². The van der Waals surface area contributed by atoms with Crippen molar-refractivity contribution in [1.29, 1.82) is 0 Å². The second-order valence-electron chi connectivity index (χ2n) is 7.27. The summed E-state index contributed by atoms with van der Waals surface area (Å²) in [5.74, 6) is 0.870. The van der Waals surface area contributed by atoms with Crippen LogP contribution >= 0.6 is 23.8 Å². The van der Waals surface area contributed by atoms with E-state index in [-0.39, 0.29) is 18.2 Å². The molecule has 170 valence electrons. The Bertz CT molecular complexity index is 999. The number of likely N-dealkylation sites (N-methyl/N-ethyl adjacent to an activating group) is 1. The zero-order chi connectivity index (χ0) is 23.3. The number of amides is 2. The lowest BCUT2D eigenvalue weighted by atomic mass is 10.1. The van der Waals surface area contributed by atoms with Gasteiger partial charge in [-0.3, -0.25) is 14.5 Å². The number of hydrogen-bond acceptors (Lipinski definition) is 5. The monoisotopic (exact) mass is 475 g/mol. The Labute approximate surface area is 198 Å². The summed E-state index contributed by atoms with van der Waals surface area (Å²) in [6.07, 6.45) is 0.630. The van der Waals surface area contributed by atoms with E-state index in [4.69, 9.17) is 33.3 Å². The molecule has 1 saturated heterocycles. The molecule has 0 bridgehead atoms. The molecule has 0 aliphatic carbocycles. The van der Waals surface area contributed by atoms with Gasteiger partial charge in [0.05, 0.1) is 20.6 Å². The highest BCUT2D eigenvalue weighted by atomic mass is 35.5. The average Bonchev–Trinajstić information content (AvgIpc) is 3.01. The lowest BCUT2D eigenvalue weighted by Crippen LogP contribution is -2.39. The minimum Gasteiger partial charge on any atom is -0.493 e. The number of benzene rings is 2. The summed E-state index contributed by atoms with van der Waals surface area (Å²) in [5, 5.41) is 3.85. The van der Waals surface area contributed by atoms with E-state index in [1.807, 2.05) is 30.0 Å². The Morgan fingerprint density at radius 3 is 2.44 bits per heavy atom. The number of halogens is 1. The third-order valence-corrected chi connectivity index (χ3v) is 6.02. The van der Waals surface area contributed by atoms with Crippen molar-refractivity contribution in [3.8, 4) is 11.5 Å². The first-order valence-electron chi connectivity index (χ1n) is 10.3. The van der Waals surface area contributed by atoms with Crippen LogP contribution in [-0.2, 0) is 16.0 Å². The zero-order valence-corrected chi connectivity index (χ0v) is 19.8. The van der Waals surface area contributed by atoms with Gasteiger partial charge in [0.1, 0.15) is 6.04 Å². The van der Waals surface area contributed by atoms with Crippen LogP contribution in [0.3, 0.4) is 0 Å². The molecule has 2 aromatic carbocycles. The minimum absolute atomic E-state index is 0.00400. The SMILES string of the molecule is CCN1C(=O)[C@H](CC(=O)Nc2ccc(Cl)cc2)N(CCc2ccc(OC)c(OC)c2)C1=S. The zero-order valence-electron chi connectivity index (χ0n) is 18.3. The van der Waals surface area contributed by atoms with Crippen molar-refractivity contribution in [3.05, 3.63) is 53.1 Å². The molecular formula is C23H26ClN3O4S. The van der Waals surface area contributed by atoms with Gasteiger partial charge < -0.3 is 19.7 Å². The molecule has 1 heterocycles. The van der Waals surface area contributed by atoms with E-state index in [0.717, 1.165) is 5.56 Å². The molecule has 32 heavy (non-hydrogen) atoms. The first kappa shape index (κ1) is 23.8. The first-order chi connectivity index (χ1) is 15.4. The van der Waals surface area contributed by atoms with Crippen molar-refractivity contribution in [2.24, 2.45) is 0 Å². The van der Waals surface area contributed by atoms with Crippen molar-refractivity contribution in [3.63, 3.8) is 0 Å². The summed E-state index contributed by atoms with van der Waals surface area (Å²) in [4.78, 5) is 29.0. The van der Waals surface area contributed by atoms with Gasteiger partial charge in [0, 0.05) is 23.8 Å². The van der Waals surface area contributed by atoms with Crippen LogP contribution in [0.1, 0.15) is 18.9 Å². The van der Waals surface area contributed by atoms with Crippen LogP contribution in [0.2, 0.25) is 5.02 Å². The number of ether oxygens (including phenoxy) is 2. The van der Waals surface area contributed by atoms with Crippen LogP contribution < -0.4 is 14.8 Å². The average molecular weight is 476 g/mol. The maximum Gasteiger partial charge on any atom is 0.252 e. The summed E-state index contributed by atoms with van der Waals surface area (Å²) in [5.41, 5.74) is 1.63. The third kappa shape index (κ3) is 5.31. The summed E-state index contributed by atoms with van der Waals surface area (Å²) in [6.45, 7) is 2.82. The number of nitrogens with one attached hydrogen (secondary N) is 1. The topological polar surface area (TPSA) is 71.1 Å². The van der Waals surface area contributed by atoms with E-state index in [2.05, 4.69) is 5.32 Å². The fraction of sp³-hybridized carbons (Fsp3) is 0.348. The second kappa shape index (κ2) is 10.7. The fourth-order valence-corrected chi connectivity index (χ4v) is 4.21. The summed E-state index contributed by atoms with van der Waals surface area (Å²) >= 11 is 11.5. The Morgan fingerprint density at radius 1 is 1.12 bits per heavy atom. The number of thiocarbonyl (C=S) groups is 1. The quantitative estimate of drug-likeness (QED) is 0.557. The van der Waals surface area contributed by atoms with E-state index in [9.17, 15) is 9.59 Å². The number of carbonyl (C=O) groups excluding carboxylic acids is 2.